The summed E-state index contributed by atoms with van der Waals surface area (Å²) < 4.78 is 6.86. The van der Waals surface area contributed by atoms with E-state index in [4.69, 9.17) is 4.74 Å². The van der Waals surface area contributed by atoms with Crippen molar-refractivity contribution in [2.24, 2.45) is 0 Å². The molecule has 0 bridgehead atoms. The van der Waals surface area contributed by atoms with E-state index in [-0.39, 0.29) is 11.2 Å². The van der Waals surface area contributed by atoms with E-state index in [1.165, 1.54) is 24.5 Å². The number of methoxy groups -OCH3 is 1. The van der Waals surface area contributed by atoms with Crippen LogP contribution in [0.5, 0.6) is 11.5 Å². The van der Waals surface area contributed by atoms with Crippen molar-refractivity contribution < 1.29 is 9.84 Å². The van der Waals surface area contributed by atoms with Crippen LogP contribution in [-0.4, -0.2) is 12.2 Å². The third-order valence-corrected chi connectivity index (χ3v) is 4.01. The minimum Gasteiger partial charge on any atom is -0.507 e. The Hall–Kier alpha value is -2.07. The lowest BCUT2D eigenvalue weighted by molar-refractivity contribution is 0.419. The predicted molar refractivity (Wildman–Crippen MR) is 73.8 cm³/mol. The van der Waals surface area contributed by atoms with Crippen molar-refractivity contribution in [1.29, 1.82) is 0 Å². The molecule has 3 aromatic rings. The van der Waals surface area contributed by atoms with Gasteiger partial charge in [0.05, 0.1) is 17.9 Å². The average Bonchev–Trinajstić information content (AvgIpc) is 2.38. The molecule has 90 valence electrons. The Labute approximate surface area is 107 Å². The Bertz CT molecular complexity index is 805. The Kier molecular flexibility index (Phi) is 2.45. The highest BCUT2D eigenvalue weighted by Crippen LogP contribution is 2.32. The summed E-state index contributed by atoms with van der Waals surface area (Å²) >= 11 is 1.47. The molecule has 0 fully saturated rings. The maximum Gasteiger partial charge on any atom is 0.203 e. The van der Waals surface area contributed by atoms with Crippen molar-refractivity contribution in [3.63, 3.8) is 0 Å². The van der Waals surface area contributed by atoms with Gasteiger partial charge in [0.2, 0.25) is 5.43 Å². The molecule has 3 rings (SSSR count). The molecule has 0 atom stereocenters. The van der Waals surface area contributed by atoms with E-state index < -0.39 is 0 Å². The van der Waals surface area contributed by atoms with Crippen molar-refractivity contribution in [3.8, 4) is 11.5 Å². The SMILES string of the molecule is COc1cccc2sc3cccc(O)c3c(=O)c12. The maximum absolute atomic E-state index is 12.5. The van der Waals surface area contributed by atoms with Crippen molar-refractivity contribution in [2.45, 2.75) is 0 Å². The Balaban J connectivity index is 2.63. The lowest BCUT2D eigenvalue weighted by atomic mass is 10.1. The van der Waals surface area contributed by atoms with Crippen LogP contribution in [0.4, 0.5) is 0 Å². The second kappa shape index (κ2) is 3.99. The van der Waals surface area contributed by atoms with Gasteiger partial charge in [-0.2, -0.15) is 0 Å². The van der Waals surface area contributed by atoms with Crippen LogP contribution in [0.15, 0.2) is 41.2 Å². The molecular weight excluding hydrogens is 248 g/mol. The Morgan fingerprint density at radius 2 is 1.72 bits per heavy atom. The van der Waals surface area contributed by atoms with Gasteiger partial charge in [0.25, 0.3) is 0 Å². The van der Waals surface area contributed by atoms with E-state index >= 15 is 0 Å². The van der Waals surface area contributed by atoms with Gasteiger partial charge < -0.3 is 9.84 Å². The summed E-state index contributed by atoms with van der Waals surface area (Å²) in [6.07, 6.45) is 0. The molecule has 4 heteroatoms. The van der Waals surface area contributed by atoms with Gasteiger partial charge in [-0.1, -0.05) is 12.1 Å². The second-order valence-corrected chi connectivity index (χ2v) is 5.00. The summed E-state index contributed by atoms with van der Waals surface area (Å²) in [5.41, 5.74) is -0.186. The zero-order valence-electron chi connectivity index (χ0n) is 9.64. The summed E-state index contributed by atoms with van der Waals surface area (Å²) in [6, 6.07) is 10.6. The number of hydrogen-bond acceptors (Lipinski definition) is 4. The number of phenols is 1. The molecule has 0 spiro atoms. The fourth-order valence-corrected chi connectivity index (χ4v) is 3.19. The largest absolute Gasteiger partial charge is 0.507 e. The monoisotopic (exact) mass is 258 g/mol. The van der Waals surface area contributed by atoms with Crippen LogP contribution in [0, 0.1) is 0 Å². The number of rotatable bonds is 1. The molecule has 0 aliphatic rings. The molecule has 0 saturated heterocycles. The number of hydrogen-bond donors (Lipinski definition) is 1. The fourth-order valence-electron chi connectivity index (χ4n) is 2.07. The molecule has 1 aromatic heterocycles. The van der Waals surface area contributed by atoms with Crippen LogP contribution in [0.2, 0.25) is 0 Å². The maximum atomic E-state index is 12.5. The standard InChI is InChI=1S/C14H10O3S/c1-17-9-5-3-7-11-13(9)14(16)12-8(15)4-2-6-10(12)18-11/h2-7,15H,1H3. The first-order valence-electron chi connectivity index (χ1n) is 5.44. The van der Waals surface area contributed by atoms with Gasteiger partial charge in [-0.15, -0.1) is 11.3 Å². The van der Waals surface area contributed by atoms with Gasteiger partial charge in [-0.25, -0.2) is 0 Å². The summed E-state index contributed by atoms with van der Waals surface area (Å²) in [6.45, 7) is 0. The van der Waals surface area contributed by atoms with Crippen molar-refractivity contribution in [3.05, 3.63) is 46.6 Å². The van der Waals surface area contributed by atoms with Crippen LogP contribution >= 0.6 is 11.3 Å². The second-order valence-electron chi connectivity index (χ2n) is 3.91. The molecule has 0 unspecified atom stereocenters. The van der Waals surface area contributed by atoms with Crippen LogP contribution in [0.25, 0.3) is 20.2 Å². The zero-order chi connectivity index (χ0) is 12.7. The minimum atomic E-state index is -0.186. The van der Waals surface area contributed by atoms with E-state index in [9.17, 15) is 9.90 Å². The first kappa shape index (κ1) is 11.0. The van der Waals surface area contributed by atoms with E-state index in [1.807, 2.05) is 18.2 Å². The van der Waals surface area contributed by atoms with Crippen molar-refractivity contribution >= 4 is 31.5 Å². The zero-order valence-corrected chi connectivity index (χ0v) is 10.5. The third kappa shape index (κ3) is 1.46. The van der Waals surface area contributed by atoms with Gasteiger partial charge in [0, 0.05) is 9.40 Å². The molecule has 2 aromatic carbocycles. The lowest BCUT2D eigenvalue weighted by Crippen LogP contribution is -2.03. The van der Waals surface area contributed by atoms with Crippen molar-refractivity contribution in [2.75, 3.05) is 7.11 Å². The number of ether oxygens (including phenoxy) is 1. The Morgan fingerprint density at radius 1 is 1.06 bits per heavy atom. The number of phenolic OH excluding ortho intramolecular Hbond substituents is 1. The summed E-state index contributed by atoms with van der Waals surface area (Å²) in [4.78, 5) is 12.5. The van der Waals surface area contributed by atoms with Gasteiger partial charge in [-0.3, -0.25) is 4.79 Å². The molecule has 0 aliphatic heterocycles. The molecule has 0 radical (unpaired) electrons. The summed E-state index contributed by atoms with van der Waals surface area (Å²) in [7, 11) is 1.54. The van der Waals surface area contributed by atoms with Crippen LogP contribution in [0.3, 0.4) is 0 Å². The molecule has 1 N–H and O–H groups in total. The first-order valence-corrected chi connectivity index (χ1v) is 6.25. The first-order chi connectivity index (χ1) is 8.72. The quantitative estimate of drug-likeness (QED) is 0.682. The molecule has 1 heterocycles. The predicted octanol–water partition coefficient (Wildman–Crippen LogP) is 3.13. The van der Waals surface area contributed by atoms with Crippen LogP contribution < -0.4 is 10.2 Å². The summed E-state index contributed by atoms with van der Waals surface area (Å²) in [5, 5.41) is 10.7. The highest BCUT2D eigenvalue weighted by atomic mass is 32.1. The molecular formula is C14H10O3S. The fraction of sp³-hybridized carbons (Fsp3) is 0.0714. The van der Waals surface area contributed by atoms with Crippen LogP contribution in [0.1, 0.15) is 0 Å². The van der Waals surface area contributed by atoms with E-state index in [0.717, 1.165) is 9.40 Å². The molecule has 0 amide bonds. The normalized spacial score (nSPS) is 10.9. The van der Waals surface area contributed by atoms with E-state index in [1.54, 1.807) is 12.1 Å². The minimum absolute atomic E-state index is 0.0153. The molecule has 18 heavy (non-hydrogen) atoms. The van der Waals surface area contributed by atoms with E-state index in [2.05, 4.69) is 0 Å². The topological polar surface area (TPSA) is 46.5 Å². The lowest BCUT2D eigenvalue weighted by Gasteiger charge is -2.06. The molecule has 3 nitrogen and oxygen atoms in total. The van der Waals surface area contributed by atoms with Gasteiger partial charge in [0.15, 0.2) is 0 Å². The van der Waals surface area contributed by atoms with Gasteiger partial charge in [0.1, 0.15) is 11.5 Å². The van der Waals surface area contributed by atoms with Crippen LogP contribution in [-0.2, 0) is 0 Å². The number of benzene rings is 2. The van der Waals surface area contributed by atoms with Crippen molar-refractivity contribution in [1.82, 2.24) is 0 Å². The number of aromatic hydroxyl groups is 1. The number of fused-ring (bicyclic) bond motifs is 2. The third-order valence-electron chi connectivity index (χ3n) is 2.89. The Morgan fingerprint density at radius 3 is 2.44 bits per heavy atom. The summed E-state index contributed by atoms with van der Waals surface area (Å²) in [5.74, 6) is 0.556. The molecule has 0 saturated carbocycles. The highest BCUT2D eigenvalue weighted by molar-refractivity contribution is 7.24. The molecule has 0 aliphatic carbocycles. The van der Waals surface area contributed by atoms with Gasteiger partial charge >= 0.3 is 0 Å². The average molecular weight is 258 g/mol. The van der Waals surface area contributed by atoms with Gasteiger partial charge in [-0.05, 0) is 24.3 Å². The van der Waals surface area contributed by atoms with E-state index in [0.29, 0.717) is 16.5 Å². The smallest absolute Gasteiger partial charge is 0.203 e. The highest BCUT2D eigenvalue weighted by Gasteiger charge is 2.12.